The van der Waals surface area contributed by atoms with Crippen LogP contribution in [0, 0.1) is 0 Å². The quantitative estimate of drug-likeness (QED) is 0.296. The Kier molecular flexibility index (Phi) is 11.3. The number of hydrogen-bond acceptors (Lipinski definition) is 5. The maximum absolute atomic E-state index is 5.45. The molecule has 166 valence electrons. The minimum Gasteiger partial charge on any atom is -0.496 e. The van der Waals surface area contributed by atoms with Crippen LogP contribution in [0.2, 0.25) is 0 Å². The number of likely N-dealkylation sites (N-methyl/N-ethyl adjacent to an activating group) is 1. The molecule has 2 rings (SSSR count). The second-order valence-corrected chi connectivity index (χ2v) is 6.71. The van der Waals surface area contributed by atoms with Gasteiger partial charge in [-0.25, -0.2) is 0 Å². The van der Waals surface area contributed by atoms with Gasteiger partial charge in [-0.1, -0.05) is 24.3 Å². The maximum Gasteiger partial charge on any atom is 0.191 e. The molecule has 0 amide bonds. The van der Waals surface area contributed by atoms with Crippen molar-refractivity contribution in [3.8, 4) is 17.2 Å². The number of nitrogens with one attached hydrogen (secondary N) is 2. The van der Waals surface area contributed by atoms with Crippen LogP contribution < -0.4 is 24.8 Å². The van der Waals surface area contributed by atoms with Gasteiger partial charge >= 0.3 is 0 Å². The van der Waals surface area contributed by atoms with E-state index in [1.165, 1.54) is 0 Å². The molecule has 0 aliphatic heterocycles. The van der Waals surface area contributed by atoms with Gasteiger partial charge in [0, 0.05) is 25.7 Å². The van der Waals surface area contributed by atoms with E-state index in [2.05, 4.69) is 26.6 Å². The van der Waals surface area contributed by atoms with E-state index in [9.17, 15) is 0 Å². The Bertz CT molecular complexity index is 815. The number of aliphatic imine (C=N–C) groups is 1. The van der Waals surface area contributed by atoms with Crippen LogP contribution in [0.4, 0.5) is 0 Å². The lowest BCUT2D eigenvalue weighted by Crippen LogP contribution is -2.41. The van der Waals surface area contributed by atoms with Gasteiger partial charge in [-0.05, 0) is 37.9 Å². The Morgan fingerprint density at radius 2 is 1.60 bits per heavy atom. The van der Waals surface area contributed by atoms with Crippen LogP contribution in [0.5, 0.6) is 17.2 Å². The summed E-state index contributed by atoms with van der Waals surface area (Å²) >= 11 is 0. The van der Waals surface area contributed by atoms with Crippen molar-refractivity contribution in [3.63, 3.8) is 0 Å². The van der Waals surface area contributed by atoms with E-state index in [1.807, 2.05) is 50.5 Å². The lowest BCUT2D eigenvalue weighted by molar-refractivity contribution is 0.295. The third kappa shape index (κ3) is 6.94. The first-order valence-electron chi connectivity index (χ1n) is 9.48. The number of methoxy groups -OCH3 is 3. The molecule has 8 heteroatoms. The maximum atomic E-state index is 5.45. The van der Waals surface area contributed by atoms with Crippen molar-refractivity contribution in [2.75, 3.05) is 49.0 Å². The number of hydrogen-bond donors (Lipinski definition) is 2. The Hall–Kier alpha value is -2.20. The van der Waals surface area contributed by atoms with Crippen LogP contribution >= 0.6 is 24.0 Å². The Morgan fingerprint density at radius 1 is 0.933 bits per heavy atom. The molecule has 1 atom stereocenters. The van der Waals surface area contributed by atoms with Gasteiger partial charge < -0.3 is 29.7 Å². The van der Waals surface area contributed by atoms with Crippen molar-refractivity contribution < 1.29 is 14.2 Å². The topological polar surface area (TPSA) is 67.4 Å². The predicted molar refractivity (Wildman–Crippen MR) is 133 cm³/mol. The molecule has 0 aliphatic rings. The molecule has 0 radical (unpaired) electrons. The zero-order chi connectivity index (χ0) is 21.2. The summed E-state index contributed by atoms with van der Waals surface area (Å²) in [5, 5.41) is 6.75. The number of halogens is 1. The predicted octanol–water partition coefficient (Wildman–Crippen LogP) is 3.30. The second-order valence-electron chi connectivity index (χ2n) is 6.71. The third-order valence-corrected chi connectivity index (χ3v) is 4.74. The van der Waals surface area contributed by atoms with E-state index < -0.39 is 0 Å². The highest BCUT2D eigenvalue weighted by atomic mass is 127. The fraction of sp³-hybridized carbons (Fsp3) is 0.409. The van der Waals surface area contributed by atoms with E-state index in [0.29, 0.717) is 13.1 Å². The lowest BCUT2D eigenvalue weighted by Gasteiger charge is -2.26. The summed E-state index contributed by atoms with van der Waals surface area (Å²) in [6.45, 7) is 1.29. The number of benzene rings is 2. The van der Waals surface area contributed by atoms with Crippen LogP contribution in [-0.2, 0) is 6.54 Å². The van der Waals surface area contributed by atoms with Crippen molar-refractivity contribution >= 4 is 29.9 Å². The minimum absolute atomic E-state index is 0. The summed E-state index contributed by atoms with van der Waals surface area (Å²) in [6.07, 6.45) is 0. The third-order valence-electron chi connectivity index (χ3n) is 4.74. The first kappa shape index (κ1) is 25.8. The molecular weight excluding hydrogens is 495 g/mol. The zero-order valence-corrected chi connectivity index (χ0v) is 20.9. The van der Waals surface area contributed by atoms with Crippen molar-refractivity contribution in [1.82, 2.24) is 15.5 Å². The minimum atomic E-state index is 0. The van der Waals surface area contributed by atoms with Gasteiger partial charge in [-0.2, -0.15) is 0 Å². The summed E-state index contributed by atoms with van der Waals surface area (Å²) in [5.41, 5.74) is 2.20. The van der Waals surface area contributed by atoms with Gasteiger partial charge in [0.1, 0.15) is 5.75 Å². The highest BCUT2D eigenvalue weighted by Crippen LogP contribution is 2.31. The van der Waals surface area contributed by atoms with Gasteiger partial charge in [0.05, 0.1) is 27.4 Å². The second kappa shape index (κ2) is 13.2. The lowest BCUT2D eigenvalue weighted by atomic mass is 10.1. The van der Waals surface area contributed by atoms with Crippen molar-refractivity contribution in [2.45, 2.75) is 12.6 Å². The number of rotatable bonds is 9. The first-order valence-corrected chi connectivity index (χ1v) is 9.48. The molecule has 2 N–H and O–H groups in total. The standard InChI is InChI=1S/C22H32N4O3.HI/c1-23-22(24-14-17-9-7-8-10-19(17)27-4)25-15-18(26(2)3)16-11-12-20(28-5)21(13-16)29-6;/h7-13,18H,14-15H2,1-6H3,(H2,23,24,25);1H. The molecule has 0 aromatic heterocycles. The molecule has 0 saturated carbocycles. The Labute approximate surface area is 196 Å². The smallest absolute Gasteiger partial charge is 0.191 e. The van der Waals surface area contributed by atoms with Crippen LogP contribution in [0.1, 0.15) is 17.2 Å². The van der Waals surface area contributed by atoms with Crippen molar-refractivity contribution in [2.24, 2.45) is 4.99 Å². The van der Waals surface area contributed by atoms with Crippen molar-refractivity contribution in [1.29, 1.82) is 0 Å². The van der Waals surface area contributed by atoms with Gasteiger partial charge in [-0.3, -0.25) is 4.99 Å². The fourth-order valence-electron chi connectivity index (χ4n) is 3.10. The summed E-state index contributed by atoms with van der Waals surface area (Å²) < 4.78 is 16.2. The summed E-state index contributed by atoms with van der Waals surface area (Å²) in [4.78, 5) is 6.49. The molecule has 0 saturated heterocycles. The largest absolute Gasteiger partial charge is 0.496 e. The molecule has 0 spiro atoms. The van der Waals surface area contributed by atoms with E-state index >= 15 is 0 Å². The monoisotopic (exact) mass is 528 g/mol. The summed E-state index contributed by atoms with van der Waals surface area (Å²) in [7, 11) is 10.8. The molecular formula is C22H33IN4O3. The average molecular weight is 528 g/mol. The molecule has 2 aromatic carbocycles. The highest BCUT2D eigenvalue weighted by Gasteiger charge is 2.17. The Balaban J connectivity index is 0.00000450. The molecule has 7 nitrogen and oxygen atoms in total. The highest BCUT2D eigenvalue weighted by molar-refractivity contribution is 14.0. The SMILES string of the molecule is CN=C(NCc1ccccc1OC)NCC(c1ccc(OC)c(OC)c1)N(C)C.I. The molecule has 0 fully saturated rings. The molecule has 0 heterocycles. The number of nitrogens with zero attached hydrogens (tertiary/aromatic N) is 2. The number of guanidine groups is 1. The Morgan fingerprint density at radius 3 is 2.20 bits per heavy atom. The van der Waals surface area contributed by atoms with Crippen LogP contribution in [0.3, 0.4) is 0 Å². The van der Waals surface area contributed by atoms with Gasteiger partial charge in [0.2, 0.25) is 0 Å². The van der Waals surface area contributed by atoms with E-state index in [1.54, 1.807) is 28.4 Å². The van der Waals surface area contributed by atoms with E-state index in [-0.39, 0.29) is 30.0 Å². The summed E-state index contributed by atoms with van der Waals surface area (Å²) in [5.74, 6) is 3.02. The van der Waals surface area contributed by atoms with Gasteiger partial charge in [-0.15, -0.1) is 24.0 Å². The first-order chi connectivity index (χ1) is 14.0. The molecule has 2 aromatic rings. The zero-order valence-electron chi connectivity index (χ0n) is 18.6. The van der Waals surface area contributed by atoms with Crippen LogP contribution in [0.25, 0.3) is 0 Å². The fourth-order valence-corrected chi connectivity index (χ4v) is 3.10. The normalized spacial score (nSPS) is 12.0. The van der Waals surface area contributed by atoms with Crippen LogP contribution in [0.15, 0.2) is 47.5 Å². The van der Waals surface area contributed by atoms with Crippen LogP contribution in [-0.4, -0.2) is 59.9 Å². The van der Waals surface area contributed by atoms with E-state index in [4.69, 9.17) is 14.2 Å². The molecule has 1 unspecified atom stereocenters. The molecule has 0 bridgehead atoms. The van der Waals surface area contributed by atoms with E-state index in [0.717, 1.165) is 34.3 Å². The van der Waals surface area contributed by atoms with Gasteiger partial charge in [0.15, 0.2) is 17.5 Å². The number of ether oxygens (including phenoxy) is 3. The van der Waals surface area contributed by atoms with Gasteiger partial charge in [0.25, 0.3) is 0 Å². The molecule has 30 heavy (non-hydrogen) atoms. The average Bonchev–Trinajstić information content (AvgIpc) is 2.75. The summed E-state index contributed by atoms with van der Waals surface area (Å²) in [6, 6.07) is 14.1. The number of para-hydroxylation sites is 1. The van der Waals surface area contributed by atoms with Crippen molar-refractivity contribution in [3.05, 3.63) is 53.6 Å². The molecule has 0 aliphatic carbocycles.